The predicted octanol–water partition coefficient (Wildman–Crippen LogP) is 1.53. The zero-order valence-corrected chi connectivity index (χ0v) is 8.19. The molecule has 1 amide bonds. The van der Waals surface area contributed by atoms with E-state index in [1.165, 1.54) is 0 Å². The number of anilines is 1. The Kier molecular flexibility index (Phi) is 2.38. The Morgan fingerprint density at radius 2 is 1.75 bits per heavy atom. The number of benzene rings is 1. The smallest absolute Gasteiger partial charge is 0.244 e. The highest BCUT2D eigenvalue weighted by Crippen LogP contribution is 2.34. The maximum absolute atomic E-state index is 13.1. The van der Waals surface area contributed by atoms with Gasteiger partial charge in [-0.3, -0.25) is 4.79 Å². The molecule has 86 valence electrons. The van der Waals surface area contributed by atoms with Gasteiger partial charge in [-0.2, -0.15) is 0 Å². The van der Waals surface area contributed by atoms with Crippen molar-refractivity contribution in [3.63, 3.8) is 0 Å². The summed E-state index contributed by atoms with van der Waals surface area (Å²) >= 11 is 0. The Morgan fingerprint density at radius 3 is 2.19 bits per heavy atom. The summed E-state index contributed by atoms with van der Waals surface area (Å²) in [6, 6.07) is 0.990. The monoisotopic (exact) mass is 230 g/mol. The van der Waals surface area contributed by atoms with Crippen LogP contribution < -0.4 is 11.1 Å². The summed E-state index contributed by atoms with van der Waals surface area (Å²) in [5, 5.41) is 2.03. The number of halogens is 3. The molecule has 1 aliphatic carbocycles. The van der Waals surface area contributed by atoms with E-state index in [0.29, 0.717) is 25.0 Å². The fourth-order valence-corrected chi connectivity index (χ4v) is 1.26. The first-order valence-corrected chi connectivity index (χ1v) is 4.67. The fourth-order valence-electron chi connectivity index (χ4n) is 1.26. The molecular formula is C10H9F3N2O. The number of carbonyl (C=O) groups excluding carboxylic acids is 1. The van der Waals surface area contributed by atoms with E-state index in [2.05, 4.69) is 0 Å². The molecule has 0 spiro atoms. The molecule has 0 heterocycles. The van der Waals surface area contributed by atoms with Crippen molar-refractivity contribution in [2.45, 2.75) is 18.4 Å². The molecule has 0 unspecified atom stereocenters. The van der Waals surface area contributed by atoms with Crippen molar-refractivity contribution in [3.05, 3.63) is 29.6 Å². The Bertz CT molecular complexity index is 434. The number of amides is 1. The fraction of sp³-hybridized carbons (Fsp3) is 0.300. The van der Waals surface area contributed by atoms with Crippen molar-refractivity contribution in [2.75, 3.05) is 5.32 Å². The number of nitrogens with one attached hydrogen (secondary N) is 1. The highest BCUT2D eigenvalue weighted by atomic mass is 19.1. The van der Waals surface area contributed by atoms with Gasteiger partial charge in [0.1, 0.15) is 11.5 Å². The van der Waals surface area contributed by atoms with E-state index in [1.807, 2.05) is 5.32 Å². The van der Waals surface area contributed by atoms with E-state index in [0.717, 1.165) is 0 Å². The Balaban J connectivity index is 2.24. The largest absolute Gasteiger partial charge is 0.320 e. The van der Waals surface area contributed by atoms with Crippen LogP contribution in [0.15, 0.2) is 12.1 Å². The van der Waals surface area contributed by atoms with E-state index < -0.39 is 34.6 Å². The minimum atomic E-state index is -1.16. The molecule has 1 aromatic carbocycles. The van der Waals surface area contributed by atoms with E-state index in [-0.39, 0.29) is 0 Å². The van der Waals surface area contributed by atoms with Crippen LogP contribution in [0.5, 0.6) is 0 Å². The molecule has 0 aromatic heterocycles. The molecular weight excluding hydrogens is 221 g/mol. The van der Waals surface area contributed by atoms with Crippen LogP contribution in [0.3, 0.4) is 0 Å². The Morgan fingerprint density at radius 1 is 1.25 bits per heavy atom. The zero-order valence-electron chi connectivity index (χ0n) is 8.19. The zero-order chi connectivity index (χ0) is 11.9. The van der Waals surface area contributed by atoms with Gasteiger partial charge >= 0.3 is 0 Å². The summed E-state index contributed by atoms with van der Waals surface area (Å²) in [6.45, 7) is 0. The van der Waals surface area contributed by atoms with Gasteiger partial charge in [-0.15, -0.1) is 0 Å². The first-order valence-electron chi connectivity index (χ1n) is 4.67. The van der Waals surface area contributed by atoms with Gasteiger partial charge < -0.3 is 11.1 Å². The summed E-state index contributed by atoms with van der Waals surface area (Å²) < 4.78 is 38.9. The van der Waals surface area contributed by atoms with E-state index in [9.17, 15) is 18.0 Å². The number of carbonyl (C=O) groups is 1. The lowest BCUT2D eigenvalue weighted by atomic mass is 10.2. The van der Waals surface area contributed by atoms with Gasteiger partial charge in [0, 0.05) is 12.1 Å². The molecule has 1 aromatic rings. The van der Waals surface area contributed by atoms with Crippen LogP contribution in [-0.4, -0.2) is 11.4 Å². The van der Waals surface area contributed by atoms with Crippen LogP contribution in [0.4, 0.5) is 18.9 Å². The highest BCUT2D eigenvalue weighted by molar-refractivity contribution is 6.00. The summed E-state index contributed by atoms with van der Waals surface area (Å²) in [6.07, 6.45) is 0.951. The van der Waals surface area contributed by atoms with E-state index in [4.69, 9.17) is 5.73 Å². The minimum Gasteiger partial charge on any atom is -0.320 e. The van der Waals surface area contributed by atoms with E-state index in [1.54, 1.807) is 0 Å². The van der Waals surface area contributed by atoms with Crippen molar-refractivity contribution in [1.29, 1.82) is 0 Å². The molecule has 6 heteroatoms. The molecule has 0 aliphatic heterocycles. The van der Waals surface area contributed by atoms with Crippen LogP contribution >= 0.6 is 0 Å². The lowest BCUT2D eigenvalue weighted by Gasteiger charge is -2.11. The van der Waals surface area contributed by atoms with Crippen molar-refractivity contribution in [3.8, 4) is 0 Å². The van der Waals surface area contributed by atoms with Gasteiger partial charge in [-0.05, 0) is 12.8 Å². The SMILES string of the molecule is NC1(C(=O)Nc2c(F)cc(F)cc2F)CC1. The second-order valence-electron chi connectivity index (χ2n) is 3.85. The van der Waals surface area contributed by atoms with Crippen molar-refractivity contribution >= 4 is 11.6 Å². The van der Waals surface area contributed by atoms with Gasteiger partial charge in [0.2, 0.25) is 5.91 Å². The third-order valence-corrected chi connectivity index (χ3v) is 2.49. The van der Waals surface area contributed by atoms with Gasteiger partial charge in [0.05, 0.1) is 5.54 Å². The topological polar surface area (TPSA) is 55.1 Å². The summed E-state index contributed by atoms with van der Waals surface area (Å²) in [5.74, 6) is -4.01. The molecule has 0 bridgehead atoms. The van der Waals surface area contributed by atoms with Gasteiger partial charge in [-0.1, -0.05) is 0 Å². The van der Waals surface area contributed by atoms with Crippen LogP contribution in [0.25, 0.3) is 0 Å². The normalized spacial score (nSPS) is 17.0. The van der Waals surface area contributed by atoms with E-state index >= 15 is 0 Å². The first-order chi connectivity index (χ1) is 7.42. The molecule has 1 fully saturated rings. The molecule has 3 nitrogen and oxygen atoms in total. The molecule has 0 radical (unpaired) electrons. The summed E-state index contributed by atoms with van der Waals surface area (Å²) in [4.78, 5) is 11.4. The third kappa shape index (κ3) is 1.88. The van der Waals surface area contributed by atoms with Crippen molar-refractivity contribution < 1.29 is 18.0 Å². The number of rotatable bonds is 2. The van der Waals surface area contributed by atoms with Crippen LogP contribution in [0.1, 0.15) is 12.8 Å². The standard InChI is InChI=1S/C10H9F3N2O/c11-5-3-6(12)8(7(13)4-5)15-9(16)10(14)1-2-10/h3-4H,1-2,14H2,(H,15,16). The minimum absolute atomic E-state index is 0.475. The maximum Gasteiger partial charge on any atom is 0.244 e. The number of nitrogens with two attached hydrogens (primary N) is 1. The van der Waals surface area contributed by atoms with Crippen LogP contribution in [0, 0.1) is 17.5 Å². The number of hydrogen-bond donors (Lipinski definition) is 2. The quantitative estimate of drug-likeness (QED) is 0.809. The van der Waals surface area contributed by atoms with Crippen molar-refractivity contribution in [1.82, 2.24) is 0 Å². The molecule has 16 heavy (non-hydrogen) atoms. The van der Waals surface area contributed by atoms with Crippen LogP contribution in [-0.2, 0) is 4.79 Å². The molecule has 0 saturated heterocycles. The molecule has 2 rings (SSSR count). The first kappa shape index (κ1) is 10.9. The predicted molar refractivity (Wildman–Crippen MR) is 51.1 cm³/mol. The average Bonchev–Trinajstić information content (AvgIpc) is 2.91. The van der Waals surface area contributed by atoms with Gasteiger partial charge in [-0.25, -0.2) is 13.2 Å². The second kappa shape index (κ2) is 3.48. The maximum atomic E-state index is 13.1. The van der Waals surface area contributed by atoms with Gasteiger partial charge in [0.25, 0.3) is 0 Å². The third-order valence-electron chi connectivity index (χ3n) is 2.49. The molecule has 1 saturated carbocycles. The number of hydrogen-bond acceptors (Lipinski definition) is 2. The average molecular weight is 230 g/mol. The Labute approximate surface area is 89.4 Å². The molecule has 3 N–H and O–H groups in total. The lowest BCUT2D eigenvalue weighted by Crippen LogP contribution is -2.38. The summed E-state index contributed by atoms with van der Waals surface area (Å²) in [7, 11) is 0. The molecule has 1 aliphatic rings. The van der Waals surface area contributed by atoms with Gasteiger partial charge in [0.15, 0.2) is 11.6 Å². The lowest BCUT2D eigenvalue weighted by molar-refractivity contribution is -0.118. The molecule has 0 atom stereocenters. The second-order valence-corrected chi connectivity index (χ2v) is 3.85. The highest BCUT2D eigenvalue weighted by Gasteiger charge is 2.46. The van der Waals surface area contributed by atoms with Crippen molar-refractivity contribution in [2.24, 2.45) is 5.73 Å². The summed E-state index contributed by atoms with van der Waals surface area (Å²) in [5.41, 5.74) is 3.84. The van der Waals surface area contributed by atoms with Crippen LogP contribution in [0.2, 0.25) is 0 Å². The Hall–Kier alpha value is -1.56.